The van der Waals surface area contributed by atoms with Gasteiger partial charge < -0.3 is 19.1 Å². The highest BCUT2D eigenvalue weighted by Crippen LogP contribution is 2.38. The molecule has 1 saturated carbocycles. The zero-order chi connectivity index (χ0) is 24.1. The lowest BCUT2D eigenvalue weighted by atomic mass is 9.97. The second-order valence-electron chi connectivity index (χ2n) is 8.51. The average Bonchev–Trinajstić information content (AvgIpc) is 3.63. The molecule has 180 valence electrons. The van der Waals surface area contributed by atoms with Gasteiger partial charge in [0.05, 0.1) is 32.6 Å². The molecular formula is C26H31N3O5. The number of para-hydroxylation sites is 1. The Morgan fingerprint density at radius 3 is 2.56 bits per heavy atom. The number of carbonyl (C=O) groups is 2. The summed E-state index contributed by atoms with van der Waals surface area (Å²) in [5.41, 5.74) is 2.54. The minimum Gasteiger partial charge on any atom is -0.497 e. The van der Waals surface area contributed by atoms with Crippen molar-refractivity contribution < 1.29 is 23.8 Å². The van der Waals surface area contributed by atoms with Crippen LogP contribution in [0.4, 0.5) is 0 Å². The monoisotopic (exact) mass is 465 g/mol. The number of amides is 2. The summed E-state index contributed by atoms with van der Waals surface area (Å²) >= 11 is 0. The van der Waals surface area contributed by atoms with E-state index in [0.29, 0.717) is 25.3 Å². The molecule has 0 aromatic heterocycles. The van der Waals surface area contributed by atoms with Crippen molar-refractivity contribution in [2.75, 3.05) is 41.0 Å². The predicted octanol–water partition coefficient (Wildman–Crippen LogP) is 3.27. The standard InChI is InChI=1S/C26H31N3O5/c1-32-14-13-28(26(31)18-11-12-18)17-25(30)29-23(21-9-4-5-10-24(21)34-3)16-22(27-29)19-7-6-8-20(15-19)33-2/h4-10,15,18,23H,11-14,16-17H2,1-3H3/t23-/m0/s1. The third-order valence-corrected chi connectivity index (χ3v) is 6.20. The van der Waals surface area contributed by atoms with E-state index >= 15 is 0 Å². The Bertz CT molecular complexity index is 1070. The fourth-order valence-corrected chi connectivity index (χ4v) is 4.19. The zero-order valence-electron chi connectivity index (χ0n) is 19.9. The van der Waals surface area contributed by atoms with Crippen molar-refractivity contribution in [2.24, 2.45) is 11.0 Å². The normalized spacial score (nSPS) is 17.3. The number of hydrogen-bond donors (Lipinski definition) is 0. The number of rotatable bonds is 10. The van der Waals surface area contributed by atoms with Crippen molar-refractivity contribution in [1.29, 1.82) is 0 Å². The molecule has 2 amide bonds. The van der Waals surface area contributed by atoms with Crippen LogP contribution in [0.3, 0.4) is 0 Å². The molecule has 0 saturated heterocycles. The van der Waals surface area contributed by atoms with Gasteiger partial charge in [-0.25, -0.2) is 5.01 Å². The lowest BCUT2D eigenvalue weighted by Gasteiger charge is -2.27. The van der Waals surface area contributed by atoms with E-state index in [1.54, 1.807) is 26.2 Å². The molecule has 34 heavy (non-hydrogen) atoms. The fraction of sp³-hybridized carbons (Fsp3) is 0.423. The van der Waals surface area contributed by atoms with Crippen LogP contribution in [0.25, 0.3) is 0 Å². The topological polar surface area (TPSA) is 80.7 Å². The first-order valence-electron chi connectivity index (χ1n) is 11.5. The van der Waals surface area contributed by atoms with E-state index in [1.165, 1.54) is 5.01 Å². The number of carbonyl (C=O) groups excluding carboxylic acids is 2. The third kappa shape index (κ3) is 5.22. The van der Waals surface area contributed by atoms with Crippen molar-refractivity contribution >= 4 is 17.5 Å². The van der Waals surface area contributed by atoms with Crippen molar-refractivity contribution in [3.63, 3.8) is 0 Å². The van der Waals surface area contributed by atoms with E-state index in [-0.39, 0.29) is 30.3 Å². The van der Waals surface area contributed by atoms with Crippen LogP contribution in [0, 0.1) is 5.92 Å². The van der Waals surface area contributed by atoms with Gasteiger partial charge in [-0.1, -0.05) is 30.3 Å². The van der Waals surface area contributed by atoms with Crippen molar-refractivity contribution in [2.45, 2.75) is 25.3 Å². The summed E-state index contributed by atoms with van der Waals surface area (Å²) in [4.78, 5) is 28.0. The number of hydrazone groups is 1. The number of benzene rings is 2. The fourth-order valence-electron chi connectivity index (χ4n) is 4.19. The highest BCUT2D eigenvalue weighted by atomic mass is 16.5. The number of methoxy groups -OCH3 is 3. The molecule has 8 heteroatoms. The summed E-state index contributed by atoms with van der Waals surface area (Å²) in [6.07, 6.45) is 2.28. The number of ether oxygens (including phenoxy) is 3. The molecule has 0 bridgehead atoms. The first-order chi connectivity index (χ1) is 16.5. The summed E-state index contributed by atoms with van der Waals surface area (Å²) in [7, 11) is 4.82. The predicted molar refractivity (Wildman–Crippen MR) is 128 cm³/mol. The molecule has 1 heterocycles. The molecule has 1 aliphatic carbocycles. The van der Waals surface area contributed by atoms with Gasteiger partial charge in [-0.15, -0.1) is 0 Å². The Morgan fingerprint density at radius 2 is 1.85 bits per heavy atom. The maximum atomic E-state index is 13.6. The van der Waals surface area contributed by atoms with E-state index in [0.717, 1.165) is 35.4 Å². The second kappa shape index (κ2) is 10.7. The summed E-state index contributed by atoms with van der Waals surface area (Å²) in [6, 6.07) is 14.9. The van der Waals surface area contributed by atoms with Gasteiger partial charge in [0.15, 0.2) is 0 Å². The molecule has 2 aromatic rings. The van der Waals surface area contributed by atoms with E-state index in [2.05, 4.69) is 0 Å². The van der Waals surface area contributed by atoms with Gasteiger partial charge in [0, 0.05) is 37.1 Å². The largest absolute Gasteiger partial charge is 0.497 e. The molecule has 4 rings (SSSR count). The van der Waals surface area contributed by atoms with E-state index < -0.39 is 0 Å². The van der Waals surface area contributed by atoms with Crippen LogP contribution in [0.15, 0.2) is 53.6 Å². The van der Waals surface area contributed by atoms with Crippen LogP contribution < -0.4 is 9.47 Å². The third-order valence-electron chi connectivity index (χ3n) is 6.20. The summed E-state index contributed by atoms with van der Waals surface area (Å²) < 4.78 is 16.1. The minimum atomic E-state index is -0.342. The SMILES string of the molecule is COCCN(CC(=O)N1N=C(c2cccc(OC)c2)C[C@H]1c1ccccc1OC)C(=O)C1CC1. The molecule has 0 spiro atoms. The molecule has 8 nitrogen and oxygen atoms in total. The first-order valence-corrected chi connectivity index (χ1v) is 11.5. The van der Waals surface area contributed by atoms with Crippen LogP contribution in [-0.2, 0) is 14.3 Å². The summed E-state index contributed by atoms with van der Waals surface area (Å²) in [5.74, 6) is 1.20. The van der Waals surface area contributed by atoms with Gasteiger partial charge in [-0.3, -0.25) is 9.59 Å². The van der Waals surface area contributed by atoms with E-state index in [9.17, 15) is 9.59 Å². The van der Waals surface area contributed by atoms with E-state index in [4.69, 9.17) is 19.3 Å². The molecule has 1 aliphatic heterocycles. The molecule has 1 fully saturated rings. The van der Waals surface area contributed by atoms with Crippen LogP contribution in [-0.4, -0.2) is 68.5 Å². The van der Waals surface area contributed by atoms with Gasteiger partial charge >= 0.3 is 0 Å². The Kier molecular flexibility index (Phi) is 7.47. The molecule has 1 atom stereocenters. The summed E-state index contributed by atoms with van der Waals surface area (Å²) in [6.45, 7) is 0.705. The van der Waals surface area contributed by atoms with Crippen LogP contribution >= 0.6 is 0 Å². The lowest BCUT2D eigenvalue weighted by Crippen LogP contribution is -2.43. The average molecular weight is 466 g/mol. The maximum absolute atomic E-state index is 13.6. The number of hydrogen-bond acceptors (Lipinski definition) is 6. The van der Waals surface area contributed by atoms with Gasteiger partial charge in [-0.2, -0.15) is 5.10 Å². The Morgan fingerprint density at radius 1 is 1.06 bits per heavy atom. The van der Waals surface area contributed by atoms with Crippen molar-refractivity contribution in [1.82, 2.24) is 9.91 Å². The van der Waals surface area contributed by atoms with Crippen LogP contribution in [0.2, 0.25) is 0 Å². The van der Waals surface area contributed by atoms with Crippen LogP contribution in [0.5, 0.6) is 11.5 Å². The molecule has 2 aromatic carbocycles. The smallest absolute Gasteiger partial charge is 0.262 e. The van der Waals surface area contributed by atoms with Gasteiger partial charge in [0.1, 0.15) is 18.0 Å². The summed E-state index contributed by atoms with van der Waals surface area (Å²) in [5, 5.41) is 6.25. The van der Waals surface area contributed by atoms with Crippen LogP contribution in [0.1, 0.15) is 36.4 Å². The molecule has 0 unspecified atom stereocenters. The quantitative estimate of drug-likeness (QED) is 0.538. The number of nitrogens with zero attached hydrogens (tertiary/aromatic N) is 3. The Hall–Kier alpha value is -3.39. The zero-order valence-corrected chi connectivity index (χ0v) is 19.9. The van der Waals surface area contributed by atoms with Gasteiger partial charge in [0.2, 0.25) is 5.91 Å². The first kappa shape index (κ1) is 23.8. The highest BCUT2D eigenvalue weighted by Gasteiger charge is 2.38. The highest BCUT2D eigenvalue weighted by molar-refractivity contribution is 6.03. The molecule has 0 radical (unpaired) electrons. The Balaban J connectivity index is 1.64. The second-order valence-corrected chi connectivity index (χ2v) is 8.51. The molecule has 0 N–H and O–H groups in total. The van der Waals surface area contributed by atoms with Gasteiger partial charge in [-0.05, 0) is 31.0 Å². The molecular weight excluding hydrogens is 434 g/mol. The Labute approximate surface area is 200 Å². The lowest BCUT2D eigenvalue weighted by molar-refractivity contribution is -0.142. The van der Waals surface area contributed by atoms with Crippen molar-refractivity contribution in [3.05, 3.63) is 59.7 Å². The molecule has 2 aliphatic rings. The van der Waals surface area contributed by atoms with Gasteiger partial charge in [0.25, 0.3) is 5.91 Å². The minimum absolute atomic E-state index is 0.00966. The maximum Gasteiger partial charge on any atom is 0.262 e. The van der Waals surface area contributed by atoms with Crippen molar-refractivity contribution in [3.8, 4) is 11.5 Å². The van der Waals surface area contributed by atoms with E-state index in [1.807, 2.05) is 48.5 Å².